The van der Waals surface area contributed by atoms with Gasteiger partial charge in [-0.1, -0.05) is 69.0 Å². The van der Waals surface area contributed by atoms with E-state index in [9.17, 15) is 4.79 Å². The van der Waals surface area contributed by atoms with E-state index >= 15 is 0 Å². The minimum atomic E-state index is -0.319. The average Bonchev–Trinajstić information content (AvgIpc) is 2.79. The Morgan fingerprint density at radius 2 is 1.74 bits per heavy atom. The Labute approximate surface area is 201 Å². The molecule has 2 aliphatic heterocycles. The van der Waals surface area contributed by atoms with E-state index in [0.717, 1.165) is 24.3 Å². The van der Waals surface area contributed by atoms with Crippen molar-refractivity contribution in [3.63, 3.8) is 0 Å². The van der Waals surface area contributed by atoms with Crippen LogP contribution in [-0.4, -0.2) is 33.7 Å². The molecule has 2 aliphatic rings. The van der Waals surface area contributed by atoms with Crippen LogP contribution < -0.4 is 16.0 Å². The third-order valence-electron chi connectivity index (χ3n) is 7.25. The molecule has 34 heavy (non-hydrogen) atoms. The maximum absolute atomic E-state index is 12.4. The molecule has 2 atom stereocenters. The van der Waals surface area contributed by atoms with Crippen LogP contribution in [0.3, 0.4) is 0 Å². The minimum Gasteiger partial charge on any atom is -0.371 e. The predicted molar refractivity (Wildman–Crippen MR) is 139 cm³/mol. The first-order valence-corrected chi connectivity index (χ1v) is 12.3. The van der Waals surface area contributed by atoms with E-state index in [2.05, 4.69) is 40.1 Å². The lowest BCUT2D eigenvalue weighted by Gasteiger charge is -2.48. The summed E-state index contributed by atoms with van der Waals surface area (Å²) in [5.74, 6) is 0.767. The van der Waals surface area contributed by atoms with E-state index in [0.29, 0.717) is 27.9 Å². The number of hydrogen-bond acceptors (Lipinski definition) is 5. The van der Waals surface area contributed by atoms with E-state index < -0.39 is 0 Å². The van der Waals surface area contributed by atoms with E-state index in [1.807, 2.05) is 43.3 Å². The van der Waals surface area contributed by atoms with Gasteiger partial charge in [0.1, 0.15) is 11.3 Å². The number of carbonyl (C=O) groups is 1. The fraction of sp³-hybridized carbons (Fsp3) is 0.462. The molecule has 1 aromatic carbocycles. The molecule has 2 unspecified atom stereocenters. The van der Waals surface area contributed by atoms with Gasteiger partial charge in [-0.15, -0.1) is 0 Å². The van der Waals surface area contributed by atoms with Gasteiger partial charge in [0.05, 0.1) is 17.6 Å². The lowest BCUT2D eigenvalue weighted by atomic mass is 9.35. The molecule has 3 N–H and O–H groups in total. The van der Waals surface area contributed by atoms with Crippen LogP contribution in [0.1, 0.15) is 64.0 Å². The van der Waals surface area contributed by atoms with Gasteiger partial charge in [0.15, 0.2) is 12.9 Å². The van der Waals surface area contributed by atoms with Crippen molar-refractivity contribution in [2.24, 2.45) is 0 Å². The van der Waals surface area contributed by atoms with Crippen LogP contribution in [0.25, 0.3) is 11.2 Å². The van der Waals surface area contributed by atoms with Crippen molar-refractivity contribution >= 4 is 41.7 Å². The largest absolute Gasteiger partial charge is 0.371 e. The van der Waals surface area contributed by atoms with E-state index in [4.69, 9.17) is 4.98 Å². The molecule has 3 aromatic rings. The quantitative estimate of drug-likeness (QED) is 0.413. The number of nitrogens with zero attached hydrogens (tertiary/aromatic N) is 3. The van der Waals surface area contributed by atoms with E-state index in [-0.39, 0.29) is 11.5 Å². The van der Waals surface area contributed by atoms with Gasteiger partial charge in [-0.2, -0.15) is 0 Å². The number of para-hydroxylation sites is 1. The van der Waals surface area contributed by atoms with Gasteiger partial charge in [-0.25, -0.2) is 19.7 Å². The zero-order chi connectivity index (χ0) is 23.6. The highest BCUT2D eigenvalue weighted by Gasteiger charge is 2.43. The SMILES string of the molecule is Cc1nc2nc(NC34[B]C(C)(CCCCC3)CCC4)cnc2cc1NC(=O)Nc1ccccc1. The van der Waals surface area contributed by atoms with Crippen LogP contribution in [0.4, 0.5) is 22.0 Å². The van der Waals surface area contributed by atoms with Crippen LogP contribution in [-0.2, 0) is 0 Å². The van der Waals surface area contributed by atoms with Gasteiger partial charge in [-0.3, -0.25) is 0 Å². The highest BCUT2D eigenvalue weighted by Crippen LogP contribution is 2.48. The summed E-state index contributed by atoms with van der Waals surface area (Å²) in [7, 11) is 2.57. The monoisotopic (exact) mass is 455 g/mol. The lowest BCUT2D eigenvalue weighted by molar-refractivity contribution is 0.262. The number of urea groups is 1. The summed E-state index contributed by atoms with van der Waals surface area (Å²) in [5, 5.41) is 9.75. The Kier molecular flexibility index (Phi) is 6.15. The summed E-state index contributed by atoms with van der Waals surface area (Å²) in [4.78, 5) is 26.5. The molecule has 2 amide bonds. The van der Waals surface area contributed by atoms with Crippen molar-refractivity contribution in [1.29, 1.82) is 0 Å². The van der Waals surface area contributed by atoms with Crippen LogP contribution in [0.2, 0.25) is 5.31 Å². The second kappa shape index (κ2) is 9.24. The molecule has 175 valence electrons. The zero-order valence-corrected chi connectivity index (χ0v) is 20.0. The number of nitrogens with one attached hydrogen (secondary N) is 3. The number of aryl methyl sites for hydroxylation is 1. The molecule has 0 spiro atoms. The van der Waals surface area contributed by atoms with Crippen molar-refractivity contribution in [3.05, 3.63) is 48.3 Å². The lowest BCUT2D eigenvalue weighted by Crippen LogP contribution is -2.52. The molecule has 7 nitrogen and oxygen atoms in total. The Morgan fingerprint density at radius 1 is 0.971 bits per heavy atom. The molecule has 0 saturated carbocycles. The number of pyridine rings is 1. The molecular formula is C26H32BN6O. The smallest absolute Gasteiger partial charge is 0.323 e. The number of aromatic nitrogens is 3. The molecule has 0 aliphatic carbocycles. The molecule has 2 aromatic heterocycles. The summed E-state index contributed by atoms with van der Waals surface area (Å²) >= 11 is 0. The van der Waals surface area contributed by atoms with Gasteiger partial charge < -0.3 is 16.0 Å². The van der Waals surface area contributed by atoms with Gasteiger partial charge in [-0.05, 0) is 38.0 Å². The van der Waals surface area contributed by atoms with Crippen molar-refractivity contribution in [1.82, 2.24) is 15.0 Å². The zero-order valence-electron chi connectivity index (χ0n) is 20.0. The van der Waals surface area contributed by atoms with Gasteiger partial charge in [0.2, 0.25) is 0 Å². The third-order valence-corrected chi connectivity index (χ3v) is 7.25. The van der Waals surface area contributed by atoms with Crippen molar-refractivity contribution < 1.29 is 4.79 Å². The first kappa shape index (κ1) is 22.6. The highest BCUT2D eigenvalue weighted by molar-refractivity contribution is 6.45. The molecule has 2 saturated heterocycles. The maximum atomic E-state index is 12.4. The third kappa shape index (κ3) is 5.01. The Morgan fingerprint density at radius 3 is 2.59 bits per heavy atom. The summed E-state index contributed by atoms with van der Waals surface area (Å²) in [6, 6.07) is 10.9. The number of amides is 2. The van der Waals surface area contributed by atoms with Crippen LogP contribution >= 0.6 is 0 Å². The van der Waals surface area contributed by atoms with Crippen molar-refractivity contribution in [3.8, 4) is 0 Å². The maximum Gasteiger partial charge on any atom is 0.323 e. The van der Waals surface area contributed by atoms with E-state index in [1.165, 1.54) is 38.5 Å². The second-order valence-corrected chi connectivity index (χ2v) is 10.2. The van der Waals surface area contributed by atoms with Crippen LogP contribution in [0.5, 0.6) is 0 Å². The molecule has 1 radical (unpaired) electrons. The van der Waals surface area contributed by atoms with Crippen LogP contribution in [0, 0.1) is 6.92 Å². The predicted octanol–water partition coefficient (Wildman–Crippen LogP) is 6.12. The first-order valence-electron chi connectivity index (χ1n) is 12.3. The van der Waals surface area contributed by atoms with Gasteiger partial charge >= 0.3 is 6.03 Å². The molecule has 8 heteroatoms. The Balaban J connectivity index is 1.34. The molecule has 5 rings (SSSR count). The standard InChI is InChI=1S/C26H32BN6O/c1-18-20(31-24(34)30-19-10-5-3-6-11-19)16-21-23(29-18)32-22(17-28-21)33-26-14-8-4-7-12-25(2,27-26)13-9-15-26/h3,5-6,10-11,16-17H,4,7-9,12-15H2,1-2H3,(H,29,32,33)(H2,30,31,34). The highest BCUT2D eigenvalue weighted by atomic mass is 16.2. The van der Waals surface area contributed by atoms with Crippen molar-refractivity contribution in [2.75, 3.05) is 16.0 Å². The molecule has 2 fully saturated rings. The minimum absolute atomic E-state index is 0.0259. The second-order valence-electron chi connectivity index (χ2n) is 10.2. The summed E-state index contributed by atoms with van der Waals surface area (Å²) in [6.45, 7) is 4.28. The van der Waals surface area contributed by atoms with Crippen molar-refractivity contribution in [2.45, 2.75) is 76.0 Å². The molecule has 4 heterocycles. The van der Waals surface area contributed by atoms with E-state index in [1.54, 1.807) is 6.20 Å². The fourth-order valence-corrected chi connectivity index (χ4v) is 5.60. The number of anilines is 3. The number of rotatable bonds is 4. The number of fused-ring (bicyclic) bond motifs is 3. The Hall–Kier alpha value is -3.16. The first-order chi connectivity index (χ1) is 16.4. The van der Waals surface area contributed by atoms with Gasteiger partial charge in [0, 0.05) is 11.1 Å². The Bertz CT molecular complexity index is 1190. The summed E-state index contributed by atoms with van der Waals surface area (Å²) in [6.07, 6.45) is 11.7. The van der Waals surface area contributed by atoms with Gasteiger partial charge in [0.25, 0.3) is 0 Å². The molecular weight excluding hydrogens is 423 g/mol. The number of carbonyl (C=O) groups excluding carboxylic acids is 1. The number of hydrogen-bond donors (Lipinski definition) is 3. The average molecular weight is 455 g/mol. The fourth-order valence-electron chi connectivity index (χ4n) is 5.60. The number of benzene rings is 1. The topological polar surface area (TPSA) is 91.8 Å². The molecule has 2 bridgehead atoms. The summed E-state index contributed by atoms with van der Waals surface area (Å²) in [5.41, 5.74) is 3.25. The van der Waals surface area contributed by atoms with Crippen LogP contribution in [0.15, 0.2) is 42.6 Å². The normalized spacial score (nSPS) is 24.4. The summed E-state index contributed by atoms with van der Waals surface area (Å²) < 4.78 is 0.